The van der Waals surface area contributed by atoms with Gasteiger partial charge in [-0.05, 0) is 54.3 Å². The Morgan fingerprint density at radius 1 is 1.08 bits per heavy atom. The highest BCUT2D eigenvalue weighted by atomic mass is 35.5. The van der Waals surface area contributed by atoms with Crippen LogP contribution in [0.5, 0.6) is 0 Å². The van der Waals surface area contributed by atoms with Crippen molar-refractivity contribution in [2.45, 2.75) is 39.7 Å². The summed E-state index contributed by atoms with van der Waals surface area (Å²) in [6.45, 7) is 5.72. The van der Waals surface area contributed by atoms with Gasteiger partial charge in [0.25, 0.3) is 5.91 Å². The molecule has 0 bridgehead atoms. The van der Waals surface area contributed by atoms with Gasteiger partial charge in [0, 0.05) is 21.8 Å². The second-order valence-electron chi connectivity index (χ2n) is 8.93. The Morgan fingerprint density at radius 3 is 2.53 bits per heavy atom. The Morgan fingerprint density at radius 2 is 1.81 bits per heavy atom. The molecular formula is C29H29ClFN3O2. The molecule has 0 radical (unpaired) electrons. The smallest absolute Gasteiger partial charge is 0.252 e. The van der Waals surface area contributed by atoms with Crippen LogP contribution in [0.4, 0.5) is 15.8 Å². The van der Waals surface area contributed by atoms with E-state index in [-0.39, 0.29) is 29.8 Å². The summed E-state index contributed by atoms with van der Waals surface area (Å²) in [6.07, 6.45) is 1.45. The van der Waals surface area contributed by atoms with Gasteiger partial charge >= 0.3 is 0 Å². The maximum atomic E-state index is 15.0. The van der Waals surface area contributed by atoms with Crippen LogP contribution >= 0.6 is 11.6 Å². The molecule has 5 nitrogen and oxygen atoms in total. The number of anilines is 2. The van der Waals surface area contributed by atoms with Gasteiger partial charge in [0.1, 0.15) is 18.4 Å². The molecule has 0 saturated carbocycles. The highest BCUT2D eigenvalue weighted by Gasteiger charge is 2.36. The zero-order valence-corrected chi connectivity index (χ0v) is 21.3. The molecule has 1 N–H and O–H groups in total. The fraction of sp³-hybridized carbons (Fsp3) is 0.276. The van der Waals surface area contributed by atoms with E-state index in [2.05, 4.69) is 5.32 Å². The number of hydrogen-bond donors (Lipinski definition) is 1. The molecule has 2 atom stereocenters. The van der Waals surface area contributed by atoms with Crippen LogP contribution in [-0.2, 0) is 16.0 Å². The topological polar surface area (TPSA) is 61.8 Å². The Balaban J connectivity index is 1.80. The summed E-state index contributed by atoms with van der Waals surface area (Å²) in [7, 11) is 0. The van der Waals surface area contributed by atoms with Crippen LogP contribution in [-0.4, -0.2) is 30.1 Å². The first-order valence-electron chi connectivity index (χ1n) is 12.2. The molecule has 1 aliphatic heterocycles. The molecule has 1 heterocycles. The number of hydrogen-bond acceptors (Lipinski definition) is 3. The lowest BCUT2D eigenvalue weighted by atomic mass is 9.97. The van der Waals surface area contributed by atoms with Gasteiger partial charge in [-0.25, -0.2) is 4.39 Å². The van der Waals surface area contributed by atoms with Crippen molar-refractivity contribution in [1.29, 1.82) is 0 Å². The predicted molar refractivity (Wildman–Crippen MR) is 144 cm³/mol. The zero-order chi connectivity index (χ0) is 25.8. The van der Waals surface area contributed by atoms with E-state index in [1.807, 2.05) is 45.0 Å². The molecule has 3 aromatic rings. The number of halogens is 2. The van der Waals surface area contributed by atoms with E-state index in [4.69, 9.17) is 16.6 Å². The Hall–Kier alpha value is -3.51. The number of amides is 2. The first kappa shape index (κ1) is 25.6. The third kappa shape index (κ3) is 5.19. The third-order valence-electron chi connectivity index (χ3n) is 6.58. The lowest BCUT2D eigenvalue weighted by Gasteiger charge is -2.27. The standard InChI is InChI=1S/C29H29ClFN3O2/c1-4-18(3)27-29(36)34(17-26(35)32-24-13-9-6-10-19(24)5-2)25-15-14-20(30)16-22(25)28(33-27)21-11-7-8-12-23(21)31/h6-16,18,27H,4-5,17H2,1-3H3,(H,32,35)/t18-,27-/m1/s1. The largest absolute Gasteiger partial charge is 0.324 e. The minimum atomic E-state index is -0.786. The second-order valence-corrected chi connectivity index (χ2v) is 9.37. The number of carbonyl (C=O) groups is 2. The molecule has 0 fully saturated rings. The maximum absolute atomic E-state index is 15.0. The van der Waals surface area contributed by atoms with Crippen molar-refractivity contribution in [3.8, 4) is 0 Å². The van der Waals surface area contributed by atoms with Gasteiger partial charge in [-0.15, -0.1) is 0 Å². The van der Waals surface area contributed by atoms with Gasteiger partial charge in [0.2, 0.25) is 5.91 Å². The average molecular weight is 506 g/mol. The van der Waals surface area contributed by atoms with Crippen molar-refractivity contribution < 1.29 is 14.0 Å². The third-order valence-corrected chi connectivity index (χ3v) is 6.81. The van der Waals surface area contributed by atoms with Gasteiger partial charge in [-0.2, -0.15) is 0 Å². The highest BCUT2D eigenvalue weighted by Crippen LogP contribution is 2.33. The number of benzene rings is 3. The molecule has 0 spiro atoms. The number of rotatable bonds is 7. The Labute approximate surface area is 216 Å². The fourth-order valence-corrected chi connectivity index (χ4v) is 4.56. The number of carbonyl (C=O) groups excluding carboxylic acids is 2. The van der Waals surface area contributed by atoms with Crippen molar-refractivity contribution in [3.05, 3.63) is 94.3 Å². The summed E-state index contributed by atoms with van der Waals surface area (Å²) in [6, 6.07) is 18.2. The molecule has 0 aromatic heterocycles. The van der Waals surface area contributed by atoms with Crippen LogP contribution in [0, 0.1) is 11.7 Å². The molecule has 3 aromatic carbocycles. The highest BCUT2D eigenvalue weighted by molar-refractivity contribution is 6.32. The van der Waals surface area contributed by atoms with Gasteiger partial charge in [-0.3, -0.25) is 14.6 Å². The van der Waals surface area contributed by atoms with Crippen LogP contribution < -0.4 is 10.2 Å². The van der Waals surface area contributed by atoms with Gasteiger partial charge in [0.15, 0.2) is 0 Å². The van der Waals surface area contributed by atoms with E-state index in [1.54, 1.807) is 36.4 Å². The first-order chi connectivity index (χ1) is 17.3. The van der Waals surface area contributed by atoms with Crippen molar-refractivity contribution in [3.63, 3.8) is 0 Å². The maximum Gasteiger partial charge on any atom is 0.252 e. The summed E-state index contributed by atoms with van der Waals surface area (Å²) >= 11 is 6.35. The summed E-state index contributed by atoms with van der Waals surface area (Å²) < 4.78 is 15.0. The van der Waals surface area contributed by atoms with Crippen LogP contribution in [0.2, 0.25) is 5.02 Å². The predicted octanol–water partition coefficient (Wildman–Crippen LogP) is 6.28. The monoisotopic (exact) mass is 505 g/mol. The Bertz CT molecular complexity index is 1320. The molecule has 2 amide bonds. The molecule has 1 aliphatic rings. The van der Waals surface area contributed by atoms with E-state index in [9.17, 15) is 14.0 Å². The zero-order valence-electron chi connectivity index (χ0n) is 20.6. The lowest BCUT2D eigenvalue weighted by molar-refractivity contribution is -0.123. The summed E-state index contributed by atoms with van der Waals surface area (Å²) in [5.74, 6) is -1.21. The summed E-state index contributed by atoms with van der Waals surface area (Å²) in [5, 5.41) is 3.37. The minimum absolute atomic E-state index is 0.129. The molecule has 0 unspecified atom stereocenters. The lowest BCUT2D eigenvalue weighted by Crippen LogP contribution is -2.44. The number of aryl methyl sites for hydroxylation is 1. The van der Waals surface area contributed by atoms with Crippen LogP contribution in [0.3, 0.4) is 0 Å². The van der Waals surface area contributed by atoms with Gasteiger partial charge in [-0.1, -0.05) is 69.1 Å². The molecule has 186 valence electrons. The molecule has 7 heteroatoms. The van der Waals surface area contributed by atoms with Gasteiger partial charge in [0.05, 0.1) is 11.4 Å². The Kier molecular flexibility index (Phi) is 7.85. The molecule has 0 saturated heterocycles. The number of fused-ring (bicyclic) bond motifs is 1. The van der Waals surface area contributed by atoms with E-state index in [1.165, 1.54) is 11.0 Å². The number of nitrogens with one attached hydrogen (secondary N) is 1. The minimum Gasteiger partial charge on any atom is -0.324 e. The number of para-hydroxylation sites is 1. The van der Waals surface area contributed by atoms with Crippen molar-refractivity contribution in [2.24, 2.45) is 10.9 Å². The number of benzodiazepines with no additional fused rings is 1. The van der Waals surface area contributed by atoms with Crippen LogP contribution in [0.1, 0.15) is 43.9 Å². The van der Waals surface area contributed by atoms with Crippen molar-refractivity contribution in [1.82, 2.24) is 0 Å². The quantitative estimate of drug-likeness (QED) is 0.411. The first-order valence-corrected chi connectivity index (χ1v) is 12.5. The molecule has 4 rings (SSSR count). The summed E-state index contributed by atoms with van der Waals surface area (Å²) in [5.41, 5.74) is 3.33. The number of aliphatic imine (C=N–C) groups is 1. The van der Waals surface area contributed by atoms with E-state index in [0.717, 1.165) is 12.0 Å². The SMILES string of the molecule is CCc1ccccc1NC(=O)CN1C(=O)[C@@H]([C@H](C)CC)N=C(c2ccccc2F)c2cc(Cl)ccc21. The van der Waals surface area contributed by atoms with Gasteiger partial charge < -0.3 is 10.2 Å². The van der Waals surface area contributed by atoms with Crippen LogP contribution in [0.15, 0.2) is 71.7 Å². The average Bonchev–Trinajstić information content (AvgIpc) is 2.99. The number of nitrogens with zero attached hydrogens (tertiary/aromatic N) is 2. The van der Waals surface area contributed by atoms with Crippen molar-refractivity contribution >= 4 is 40.5 Å². The molecular weight excluding hydrogens is 477 g/mol. The van der Waals surface area contributed by atoms with Crippen LogP contribution in [0.25, 0.3) is 0 Å². The fourth-order valence-electron chi connectivity index (χ4n) is 4.38. The van der Waals surface area contributed by atoms with E-state index < -0.39 is 11.9 Å². The summed E-state index contributed by atoms with van der Waals surface area (Å²) in [4.78, 5) is 33.3. The second kappa shape index (κ2) is 11.0. The van der Waals surface area contributed by atoms with Crippen molar-refractivity contribution in [2.75, 3.05) is 16.8 Å². The molecule has 0 aliphatic carbocycles. The van der Waals surface area contributed by atoms with E-state index in [0.29, 0.717) is 34.1 Å². The molecule has 36 heavy (non-hydrogen) atoms. The van der Waals surface area contributed by atoms with E-state index >= 15 is 0 Å². The normalized spacial score (nSPS) is 16.1.